The van der Waals surface area contributed by atoms with Gasteiger partial charge in [-0.2, -0.15) is 0 Å². The molecule has 0 aromatic rings. The summed E-state index contributed by atoms with van der Waals surface area (Å²) in [6, 6.07) is 0.866. The molecular weight excluding hydrogens is 237 g/mol. The minimum Gasteiger partial charge on any atom is -0.300 e. The van der Waals surface area contributed by atoms with Crippen molar-refractivity contribution in [1.82, 2.24) is 4.90 Å². The Morgan fingerprint density at radius 1 is 1.70 bits per heavy atom. The standard InChI is InChI=1S/C8H16IN/c1-3-10-6-4-5-8(10)7(2)9/h7-8H,3-6H2,1-2H3. The van der Waals surface area contributed by atoms with Crippen molar-refractivity contribution in [3.05, 3.63) is 0 Å². The van der Waals surface area contributed by atoms with Gasteiger partial charge in [-0.15, -0.1) is 0 Å². The molecule has 2 unspecified atom stereocenters. The molecule has 0 aromatic carbocycles. The van der Waals surface area contributed by atoms with E-state index in [0.717, 1.165) is 9.97 Å². The van der Waals surface area contributed by atoms with E-state index in [9.17, 15) is 0 Å². The maximum absolute atomic E-state index is 2.59. The summed E-state index contributed by atoms with van der Waals surface area (Å²) in [6.07, 6.45) is 2.82. The normalized spacial score (nSPS) is 30.9. The van der Waals surface area contributed by atoms with E-state index < -0.39 is 0 Å². The van der Waals surface area contributed by atoms with E-state index in [-0.39, 0.29) is 0 Å². The lowest BCUT2D eigenvalue weighted by molar-refractivity contribution is 0.270. The highest BCUT2D eigenvalue weighted by Crippen LogP contribution is 2.23. The van der Waals surface area contributed by atoms with E-state index in [4.69, 9.17) is 0 Å². The average molecular weight is 253 g/mol. The van der Waals surface area contributed by atoms with E-state index in [1.54, 1.807) is 0 Å². The first kappa shape index (κ1) is 8.78. The van der Waals surface area contributed by atoms with Crippen molar-refractivity contribution in [2.75, 3.05) is 13.1 Å². The summed E-state index contributed by atoms with van der Waals surface area (Å²) in [7, 11) is 0. The van der Waals surface area contributed by atoms with Crippen LogP contribution in [0.4, 0.5) is 0 Å². The van der Waals surface area contributed by atoms with Crippen LogP contribution in [0.15, 0.2) is 0 Å². The van der Waals surface area contributed by atoms with E-state index in [1.165, 1.54) is 25.9 Å². The predicted octanol–water partition coefficient (Wildman–Crippen LogP) is 2.29. The molecule has 1 saturated heterocycles. The molecule has 0 aliphatic carbocycles. The minimum absolute atomic E-state index is 0.819. The van der Waals surface area contributed by atoms with Gasteiger partial charge in [0.05, 0.1) is 0 Å². The van der Waals surface area contributed by atoms with Gasteiger partial charge in [-0.05, 0) is 25.9 Å². The first-order chi connectivity index (χ1) is 4.75. The monoisotopic (exact) mass is 253 g/mol. The molecule has 10 heavy (non-hydrogen) atoms. The van der Waals surface area contributed by atoms with Crippen LogP contribution in [0.5, 0.6) is 0 Å². The fourth-order valence-corrected chi connectivity index (χ4v) is 2.58. The highest BCUT2D eigenvalue weighted by Gasteiger charge is 2.25. The van der Waals surface area contributed by atoms with E-state index in [0.29, 0.717) is 0 Å². The first-order valence-electron chi connectivity index (χ1n) is 4.13. The maximum atomic E-state index is 2.59. The molecule has 0 amide bonds. The van der Waals surface area contributed by atoms with Crippen LogP contribution in [0, 0.1) is 0 Å². The van der Waals surface area contributed by atoms with Gasteiger partial charge in [0.15, 0.2) is 0 Å². The molecule has 1 rings (SSSR count). The zero-order valence-electron chi connectivity index (χ0n) is 6.81. The predicted molar refractivity (Wildman–Crippen MR) is 53.8 cm³/mol. The first-order valence-corrected chi connectivity index (χ1v) is 5.38. The molecular formula is C8H16IN. The number of nitrogens with zero attached hydrogens (tertiary/aromatic N) is 1. The number of hydrogen-bond donors (Lipinski definition) is 0. The molecule has 1 nitrogen and oxygen atoms in total. The van der Waals surface area contributed by atoms with Crippen LogP contribution in [-0.2, 0) is 0 Å². The molecule has 60 valence electrons. The smallest absolute Gasteiger partial charge is 0.0237 e. The van der Waals surface area contributed by atoms with Crippen LogP contribution in [0.2, 0.25) is 0 Å². The van der Waals surface area contributed by atoms with Gasteiger partial charge in [-0.1, -0.05) is 36.4 Å². The van der Waals surface area contributed by atoms with Crippen LogP contribution < -0.4 is 0 Å². The number of halogens is 1. The van der Waals surface area contributed by atoms with Crippen molar-refractivity contribution >= 4 is 22.6 Å². The van der Waals surface area contributed by atoms with Crippen molar-refractivity contribution in [3.63, 3.8) is 0 Å². The number of rotatable bonds is 2. The zero-order chi connectivity index (χ0) is 7.56. The van der Waals surface area contributed by atoms with Gasteiger partial charge in [-0.3, -0.25) is 4.90 Å². The highest BCUT2D eigenvalue weighted by molar-refractivity contribution is 14.1. The Hall–Kier alpha value is 0.690. The maximum Gasteiger partial charge on any atom is 0.0237 e. The Labute approximate surface area is 77.3 Å². The lowest BCUT2D eigenvalue weighted by atomic mass is 10.2. The molecule has 0 radical (unpaired) electrons. The molecule has 0 bridgehead atoms. The van der Waals surface area contributed by atoms with Gasteiger partial charge < -0.3 is 0 Å². The van der Waals surface area contributed by atoms with E-state index in [2.05, 4.69) is 41.3 Å². The number of hydrogen-bond acceptors (Lipinski definition) is 1. The average Bonchev–Trinajstić information content (AvgIpc) is 2.33. The van der Waals surface area contributed by atoms with Crippen LogP contribution in [0.1, 0.15) is 26.7 Å². The van der Waals surface area contributed by atoms with Crippen LogP contribution >= 0.6 is 22.6 Å². The minimum atomic E-state index is 0.819. The van der Waals surface area contributed by atoms with Gasteiger partial charge in [0.25, 0.3) is 0 Å². The Balaban J connectivity index is 2.42. The van der Waals surface area contributed by atoms with E-state index in [1.807, 2.05) is 0 Å². The molecule has 1 aliphatic rings. The second-order valence-electron chi connectivity index (χ2n) is 3.02. The summed E-state index contributed by atoms with van der Waals surface area (Å²) >= 11 is 2.54. The molecule has 1 aliphatic heterocycles. The molecule has 1 heterocycles. The third-order valence-electron chi connectivity index (χ3n) is 2.35. The number of likely N-dealkylation sites (tertiary alicyclic amines) is 1. The molecule has 2 heteroatoms. The van der Waals surface area contributed by atoms with Gasteiger partial charge in [-0.25, -0.2) is 0 Å². The van der Waals surface area contributed by atoms with Gasteiger partial charge >= 0.3 is 0 Å². The van der Waals surface area contributed by atoms with Crippen molar-refractivity contribution < 1.29 is 0 Å². The second kappa shape index (κ2) is 3.90. The van der Waals surface area contributed by atoms with Gasteiger partial charge in [0, 0.05) is 9.97 Å². The number of alkyl halides is 1. The van der Waals surface area contributed by atoms with Crippen LogP contribution in [0.25, 0.3) is 0 Å². The van der Waals surface area contributed by atoms with Crippen LogP contribution in [-0.4, -0.2) is 28.0 Å². The zero-order valence-corrected chi connectivity index (χ0v) is 8.97. The topological polar surface area (TPSA) is 3.24 Å². The summed E-state index contributed by atoms with van der Waals surface area (Å²) in [4.78, 5) is 2.59. The molecule has 0 aromatic heterocycles. The highest BCUT2D eigenvalue weighted by atomic mass is 127. The van der Waals surface area contributed by atoms with Crippen LogP contribution in [0.3, 0.4) is 0 Å². The third-order valence-corrected chi connectivity index (χ3v) is 3.18. The Morgan fingerprint density at radius 3 is 2.80 bits per heavy atom. The van der Waals surface area contributed by atoms with Crippen molar-refractivity contribution in [2.24, 2.45) is 0 Å². The van der Waals surface area contributed by atoms with Crippen molar-refractivity contribution in [2.45, 2.75) is 36.7 Å². The van der Waals surface area contributed by atoms with Crippen molar-refractivity contribution in [1.29, 1.82) is 0 Å². The molecule has 0 saturated carbocycles. The Kier molecular flexibility index (Phi) is 3.43. The van der Waals surface area contributed by atoms with Gasteiger partial charge in [0.2, 0.25) is 0 Å². The quantitative estimate of drug-likeness (QED) is 0.539. The Bertz CT molecular complexity index is 103. The Morgan fingerprint density at radius 2 is 2.40 bits per heavy atom. The van der Waals surface area contributed by atoms with Gasteiger partial charge in [0.1, 0.15) is 0 Å². The molecule has 0 N–H and O–H groups in total. The summed E-state index contributed by atoms with van der Waals surface area (Å²) in [5.74, 6) is 0. The summed E-state index contributed by atoms with van der Waals surface area (Å²) in [5, 5.41) is 0. The summed E-state index contributed by atoms with van der Waals surface area (Å²) in [5.41, 5.74) is 0. The third kappa shape index (κ3) is 1.84. The lowest BCUT2D eigenvalue weighted by Gasteiger charge is -2.24. The summed E-state index contributed by atoms with van der Waals surface area (Å²) in [6.45, 7) is 7.14. The summed E-state index contributed by atoms with van der Waals surface area (Å²) < 4.78 is 0.819. The SMILES string of the molecule is CCN1CCCC1C(C)I. The van der Waals surface area contributed by atoms with E-state index >= 15 is 0 Å². The largest absolute Gasteiger partial charge is 0.300 e. The van der Waals surface area contributed by atoms with Crippen molar-refractivity contribution in [3.8, 4) is 0 Å². The molecule has 1 fully saturated rings. The fraction of sp³-hybridized carbons (Fsp3) is 1.00. The molecule has 0 spiro atoms. The lowest BCUT2D eigenvalue weighted by Crippen LogP contribution is -2.34. The molecule has 2 atom stereocenters. The second-order valence-corrected chi connectivity index (χ2v) is 4.98. The fourth-order valence-electron chi connectivity index (χ4n) is 1.76.